The molecule has 0 N–H and O–H groups in total. The summed E-state index contributed by atoms with van der Waals surface area (Å²) in [6.07, 6.45) is 7.87. The molecule has 0 fully saturated rings. The predicted molar refractivity (Wildman–Crippen MR) is 99.7 cm³/mol. The van der Waals surface area contributed by atoms with E-state index in [9.17, 15) is 4.79 Å². The van der Waals surface area contributed by atoms with Crippen molar-refractivity contribution in [2.24, 2.45) is 0 Å². The summed E-state index contributed by atoms with van der Waals surface area (Å²) in [4.78, 5) is 12.4. The zero-order valence-electron chi connectivity index (χ0n) is 14.9. The Bertz CT molecular complexity index is 629. The predicted octanol–water partition coefficient (Wildman–Crippen LogP) is 5.98. The highest BCUT2D eigenvalue weighted by atomic mass is 16.5. The summed E-state index contributed by atoms with van der Waals surface area (Å²) in [5.41, 5.74) is 2.99. The Labute approximate surface area is 145 Å². The second-order valence-electron chi connectivity index (χ2n) is 6.25. The average molecular weight is 324 g/mol. The van der Waals surface area contributed by atoms with Crippen LogP contribution in [-0.4, -0.2) is 5.97 Å². The quantitative estimate of drug-likeness (QED) is 0.322. The minimum absolute atomic E-state index is 0.278. The van der Waals surface area contributed by atoms with Crippen LogP contribution in [0.15, 0.2) is 48.5 Å². The summed E-state index contributed by atoms with van der Waals surface area (Å²) in [5, 5.41) is 0. The van der Waals surface area contributed by atoms with Gasteiger partial charge in [0, 0.05) is 0 Å². The number of ether oxygens (including phenoxy) is 1. The number of hydrogen-bond donors (Lipinski definition) is 0. The van der Waals surface area contributed by atoms with E-state index in [-0.39, 0.29) is 5.97 Å². The molecular weight excluding hydrogens is 296 g/mol. The van der Waals surface area contributed by atoms with Crippen molar-refractivity contribution in [1.29, 1.82) is 0 Å². The molecule has 0 aliphatic rings. The number of aryl methyl sites for hydroxylation is 2. The first kappa shape index (κ1) is 18.3. The molecule has 0 aliphatic heterocycles. The van der Waals surface area contributed by atoms with Crippen LogP contribution in [0.3, 0.4) is 0 Å². The summed E-state index contributed by atoms with van der Waals surface area (Å²) in [5.74, 6) is 0.411. The van der Waals surface area contributed by atoms with Gasteiger partial charge in [-0.1, -0.05) is 63.4 Å². The van der Waals surface area contributed by atoms with Crippen LogP contribution in [0.5, 0.6) is 5.75 Å². The third-order valence-electron chi connectivity index (χ3n) is 4.23. The number of carbonyl (C=O) groups excluding carboxylic acids is 1. The minimum Gasteiger partial charge on any atom is -0.423 e. The zero-order valence-corrected chi connectivity index (χ0v) is 14.9. The van der Waals surface area contributed by atoms with Gasteiger partial charge in [-0.2, -0.15) is 0 Å². The maximum Gasteiger partial charge on any atom is 0.343 e. The van der Waals surface area contributed by atoms with Gasteiger partial charge >= 0.3 is 5.97 Å². The van der Waals surface area contributed by atoms with Crippen LogP contribution in [0.4, 0.5) is 0 Å². The number of rotatable bonds is 9. The van der Waals surface area contributed by atoms with Crippen molar-refractivity contribution in [3.63, 3.8) is 0 Å². The number of carbonyl (C=O) groups is 1. The molecular formula is C22H28O2. The van der Waals surface area contributed by atoms with Crippen LogP contribution >= 0.6 is 0 Å². The Morgan fingerprint density at radius 2 is 1.54 bits per heavy atom. The van der Waals surface area contributed by atoms with E-state index in [4.69, 9.17) is 4.74 Å². The van der Waals surface area contributed by atoms with Crippen molar-refractivity contribution in [3.8, 4) is 5.75 Å². The van der Waals surface area contributed by atoms with Gasteiger partial charge in [0.25, 0.3) is 0 Å². The molecule has 0 heterocycles. The maximum absolute atomic E-state index is 12.4. The maximum atomic E-state index is 12.4. The van der Waals surface area contributed by atoms with E-state index in [1.807, 2.05) is 48.5 Å². The molecule has 2 nitrogen and oxygen atoms in total. The molecule has 0 atom stereocenters. The molecule has 0 bridgehead atoms. The standard InChI is InChI=1S/C22H28O2/c1-3-5-7-11-19-12-8-9-13-21(19)24-22(23)20-16-14-18(15-17-20)10-6-4-2/h8-9,12-17H,3-7,10-11H2,1-2H3. The van der Waals surface area contributed by atoms with Gasteiger partial charge < -0.3 is 4.74 Å². The number of para-hydroxylation sites is 1. The monoisotopic (exact) mass is 324 g/mol. The topological polar surface area (TPSA) is 26.3 Å². The van der Waals surface area contributed by atoms with Gasteiger partial charge in [0.1, 0.15) is 5.75 Å². The second kappa shape index (κ2) is 9.92. The summed E-state index contributed by atoms with van der Waals surface area (Å²) < 4.78 is 5.64. The van der Waals surface area contributed by atoms with Gasteiger partial charge in [0.05, 0.1) is 5.56 Å². The smallest absolute Gasteiger partial charge is 0.343 e. The van der Waals surface area contributed by atoms with Crippen LogP contribution < -0.4 is 4.74 Å². The Balaban J connectivity index is 2.01. The molecule has 2 heteroatoms. The third-order valence-corrected chi connectivity index (χ3v) is 4.23. The molecule has 2 aromatic carbocycles. The Kier molecular flexibility index (Phi) is 7.54. The van der Waals surface area contributed by atoms with Gasteiger partial charge in [-0.05, 0) is 55.0 Å². The van der Waals surface area contributed by atoms with E-state index in [1.165, 1.54) is 31.2 Å². The number of esters is 1. The molecule has 2 aromatic rings. The van der Waals surface area contributed by atoms with E-state index in [0.29, 0.717) is 11.3 Å². The number of benzene rings is 2. The van der Waals surface area contributed by atoms with Crippen molar-refractivity contribution >= 4 is 5.97 Å². The molecule has 0 aliphatic carbocycles. The molecule has 24 heavy (non-hydrogen) atoms. The Morgan fingerprint density at radius 3 is 2.25 bits per heavy atom. The molecule has 2 rings (SSSR count). The highest BCUT2D eigenvalue weighted by Gasteiger charge is 2.11. The van der Waals surface area contributed by atoms with Crippen molar-refractivity contribution in [3.05, 3.63) is 65.2 Å². The van der Waals surface area contributed by atoms with Gasteiger partial charge in [-0.25, -0.2) is 4.79 Å². The SMILES string of the molecule is CCCCCc1ccccc1OC(=O)c1ccc(CCCC)cc1. The summed E-state index contributed by atoms with van der Waals surface area (Å²) in [7, 11) is 0. The largest absolute Gasteiger partial charge is 0.423 e. The van der Waals surface area contributed by atoms with Crippen LogP contribution in [0.25, 0.3) is 0 Å². The van der Waals surface area contributed by atoms with Gasteiger partial charge in [-0.3, -0.25) is 0 Å². The molecule has 128 valence electrons. The Hall–Kier alpha value is -2.09. The van der Waals surface area contributed by atoms with E-state index in [2.05, 4.69) is 13.8 Å². The van der Waals surface area contributed by atoms with E-state index in [0.717, 1.165) is 24.8 Å². The summed E-state index contributed by atoms with van der Waals surface area (Å²) in [6.45, 7) is 4.37. The van der Waals surface area contributed by atoms with Gasteiger partial charge in [0.2, 0.25) is 0 Å². The second-order valence-corrected chi connectivity index (χ2v) is 6.25. The average Bonchev–Trinajstić information content (AvgIpc) is 2.62. The van der Waals surface area contributed by atoms with E-state index in [1.54, 1.807) is 0 Å². The van der Waals surface area contributed by atoms with Gasteiger partial charge in [0.15, 0.2) is 0 Å². The lowest BCUT2D eigenvalue weighted by molar-refractivity contribution is 0.0733. The Morgan fingerprint density at radius 1 is 0.833 bits per heavy atom. The highest BCUT2D eigenvalue weighted by molar-refractivity contribution is 5.91. The van der Waals surface area contributed by atoms with Crippen LogP contribution in [-0.2, 0) is 12.8 Å². The summed E-state index contributed by atoms with van der Waals surface area (Å²) >= 11 is 0. The number of hydrogen-bond acceptors (Lipinski definition) is 2. The minimum atomic E-state index is -0.278. The number of unbranched alkanes of at least 4 members (excludes halogenated alkanes) is 3. The molecule has 0 saturated carbocycles. The van der Waals surface area contributed by atoms with Crippen molar-refractivity contribution < 1.29 is 9.53 Å². The third kappa shape index (κ3) is 5.52. The normalized spacial score (nSPS) is 10.6. The molecule has 0 amide bonds. The zero-order chi connectivity index (χ0) is 17.2. The lowest BCUT2D eigenvalue weighted by Crippen LogP contribution is -2.10. The fourth-order valence-electron chi connectivity index (χ4n) is 2.72. The summed E-state index contributed by atoms with van der Waals surface area (Å²) in [6, 6.07) is 15.6. The first-order chi connectivity index (χ1) is 11.7. The lowest BCUT2D eigenvalue weighted by Gasteiger charge is -2.10. The highest BCUT2D eigenvalue weighted by Crippen LogP contribution is 2.22. The van der Waals surface area contributed by atoms with E-state index >= 15 is 0 Å². The van der Waals surface area contributed by atoms with Crippen molar-refractivity contribution in [2.75, 3.05) is 0 Å². The molecule has 0 radical (unpaired) electrons. The van der Waals surface area contributed by atoms with E-state index < -0.39 is 0 Å². The fourth-order valence-corrected chi connectivity index (χ4v) is 2.72. The van der Waals surface area contributed by atoms with Gasteiger partial charge in [-0.15, -0.1) is 0 Å². The molecule has 0 unspecified atom stereocenters. The first-order valence-corrected chi connectivity index (χ1v) is 9.13. The molecule has 0 saturated heterocycles. The van der Waals surface area contributed by atoms with Crippen molar-refractivity contribution in [1.82, 2.24) is 0 Å². The van der Waals surface area contributed by atoms with Crippen LogP contribution in [0, 0.1) is 0 Å². The van der Waals surface area contributed by atoms with Crippen LogP contribution in [0.2, 0.25) is 0 Å². The molecule has 0 spiro atoms. The fraction of sp³-hybridized carbons (Fsp3) is 0.409. The first-order valence-electron chi connectivity index (χ1n) is 9.13. The van der Waals surface area contributed by atoms with Crippen LogP contribution in [0.1, 0.15) is 67.4 Å². The molecule has 0 aromatic heterocycles. The van der Waals surface area contributed by atoms with Crippen molar-refractivity contribution in [2.45, 2.75) is 58.8 Å². The lowest BCUT2D eigenvalue weighted by atomic mass is 10.1.